The summed E-state index contributed by atoms with van der Waals surface area (Å²) >= 11 is 2.85. The van der Waals surface area contributed by atoms with Crippen LogP contribution in [-0.4, -0.2) is 49.7 Å². The van der Waals surface area contributed by atoms with Crippen molar-refractivity contribution < 1.29 is 17.9 Å². The van der Waals surface area contributed by atoms with Gasteiger partial charge in [-0.25, -0.2) is 8.42 Å². The maximum Gasteiger partial charge on any atom is 0.250 e. The van der Waals surface area contributed by atoms with Gasteiger partial charge in [-0.1, -0.05) is 49.9 Å². The van der Waals surface area contributed by atoms with E-state index in [1.807, 2.05) is 0 Å². The second kappa shape index (κ2) is 10.3. The molecule has 0 radical (unpaired) electrons. The summed E-state index contributed by atoms with van der Waals surface area (Å²) in [7, 11) is -2.23. The van der Waals surface area contributed by atoms with Crippen LogP contribution in [0.3, 0.4) is 0 Å². The number of ether oxygens (including phenoxy) is 1. The molecule has 1 aromatic heterocycles. The van der Waals surface area contributed by atoms with Crippen LogP contribution in [0.25, 0.3) is 0 Å². The highest BCUT2D eigenvalue weighted by atomic mass is 32.2. The average molecular weight is 459 g/mol. The number of methoxy groups -OCH3 is 1. The van der Waals surface area contributed by atoms with E-state index >= 15 is 0 Å². The molecule has 0 aliphatic heterocycles. The molecule has 0 unspecified atom stereocenters. The first kappa shape index (κ1) is 23.4. The summed E-state index contributed by atoms with van der Waals surface area (Å²) in [4.78, 5) is 12.9. The monoisotopic (exact) mass is 458 g/mol. The molecule has 0 spiro atoms. The number of benzene rings is 1. The Hall–Kier alpha value is -1.85. The lowest BCUT2D eigenvalue weighted by Gasteiger charge is -2.29. The quantitative estimate of drug-likeness (QED) is 0.430. The lowest BCUT2D eigenvalue weighted by atomic mass is 10.2. The molecule has 1 atom stereocenters. The van der Waals surface area contributed by atoms with Gasteiger partial charge in [0, 0.05) is 11.8 Å². The molecule has 8 nitrogen and oxygen atoms in total. The molecule has 1 heterocycles. The van der Waals surface area contributed by atoms with Crippen molar-refractivity contribution in [1.29, 1.82) is 0 Å². The summed E-state index contributed by atoms with van der Waals surface area (Å²) in [6.07, 6.45) is 1.36. The van der Waals surface area contributed by atoms with E-state index < -0.39 is 22.0 Å². The Bertz CT molecular complexity index is 931. The van der Waals surface area contributed by atoms with Gasteiger partial charge in [0.25, 0.3) is 0 Å². The third kappa shape index (κ3) is 6.58. The van der Waals surface area contributed by atoms with E-state index in [0.717, 1.165) is 20.7 Å². The number of rotatable bonds is 10. The Morgan fingerprint density at radius 1 is 1.34 bits per heavy atom. The van der Waals surface area contributed by atoms with E-state index in [1.165, 1.54) is 18.4 Å². The van der Waals surface area contributed by atoms with E-state index in [4.69, 9.17) is 4.74 Å². The molecular weight excluding hydrogens is 432 g/mol. The van der Waals surface area contributed by atoms with Crippen molar-refractivity contribution in [1.82, 2.24) is 10.2 Å². The third-order valence-electron chi connectivity index (χ3n) is 3.81. The van der Waals surface area contributed by atoms with Gasteiger partial charge in [0.1, 0.15) is 11.8 Å². The number of anilines is 2. The van der Waals surface area contributed by atoms with Gasteiger partial charge < -0.3 is 4.74 Å². The van der Waals surface area contributed by atoms with Crippen LogP contribution < -0.4 is 14.4 Å². The highest BCUT2D eigenvalue weighted by molar-refractivity contribution is 8.01. The van der Waals surface area contributed by atoms with Crippen molar-refractivity contribution in [3.05, 3.63) is 24.3 Å². The zero-order valence-corrected chi connectivity index (χ0v) is 19.5. The zero-order chi connectivity index (χ0) is 21.6. The standard InChI is InChI=1S/C18H26N4O4S3/c1-6-15(16(23)19-17-20-21-18(28-17)27-11-12(2)3)22(29(5,24)25)13-8-7-9-14(10-13)26-4/h7-10,12,15H,6,11H2,1-5H3,(H,19,20,23)/t15-/m0/s1. The SMILES string of the molecule is CC[C@@H](C(=O)Nc1nnc(SCC(C)C)s1)N(c1cccc(OC)c1)S(C)(=O)=O. The van der Waals surface area contributed by atoms with Gasteiger partial charge in [-0.3, -0.25) is 14.4 Å². The van der Waals surface area contributed by atoms with Crippen LogP contribution in [0.15, 0.2) is 28.6 Å². The fraction of sp³-hybridized carbons (Fsp3) is 0.500. The number of nitrogens with one attached hydrogen (secondary N) is 1. The largest absolute Gasteiger partial charge is 0.497 e. The van der Waals surface area contributed by atoms with Crippen molar-refractivity contribution >= 4 is 49.8 Å². The molecule has 0 saturated carbocycles. The predicted molar refractivity (Wildman–Crippen MR) is 118 cm³/mol. The van der Waals surface area contributed by atoms with Crippen LogP contribution >= 0.6 is 23.1 Å². The van der Waals surface area contributed by atoms with Crippen LogP contribution in [0.1, 0.15) is 27.2 Å². The van der Waals surface area contributed by atoms with Crippen molar-refractivity contribution in [2.24, 2.45) is 5.92 Å². The molecule has 0 bridgehead atoms. The second-order valence-electron chi connectivity index (χ2n) is 6.75. The number of carbonyl (C=O) groups is 1. The van der Waals surface area contributed by atoms with E-state index in [1.54, 1.807) is 43.0 Å². The second-order valence-corrected chi connectivity index (χ2v) is 10.9. The lowest BCUT2D eigenvalue weighted by Crippen LogP contribution is -2.47. The Balaban J connectivity index is 2.24. The maximum absolute atomic E-state index is 12.9. The highest BCUT2D eigenvalue weighted by Crippen LogP contribution is 2.29. The number of carbonyl (C=O) groups excluding carboxylic acids is 1. The Kier molecular flexibility index (Phi) is 8.29. The molecular formula is C18H26N4O4S3. The summed E-state index contributed by atoms with van der Waals surface area (Å²) in [5, 5.41) is 11.1. The number of thioether (sulfide) groups is 1. The van der Waals surface area contributed by atoms with Crippen LogP contribution in [0.2, 0.25) is 0 Å². The van der Waals surface area contributed by atoms with Gasteiger partial charge in [-0.05, 0) is 24.5 Å². The van der Waals surface area contributed by atoms with Crippen LogP contribution in [-0.2, 0) is 14.8 Å². The summed E-state index contributed by atoms with van der Waals surface area (Å²) in [5.74, 6) is 1.45. The smallest absolute Gasteiger partial charge is 0.250 e. The van der Waals surface area contributed by atoms with E-state index in [0.29, 0.717) is 22.5 Å². The molecule has 2 aromatic rings. The van der Waals surface area contributed by atoms with Gasteiger partial charge in [0.15, 0.2) is 4.34 Å². The average Bonchev–Trinajstić information content (AvgIpc) is 3.10. The van der Waals surface area contributed by atoms with Crippen molar-refractivity contribution in [3.8, 4) is 5.75 Å². The number of amides is 1. The molecule has 0 aliphatic carbocycles. The number of sulfonamides is 1. The van der Waals surface area contributed by atoms with Gasteiger partial charge in [-0.2, -0.15) is 0 Å². The molecule has 0 saturated heterocycles. The van der Waals surface area contributed by atoms with Gasteiger partial charge in [0.05, 0.1) is 19.1 Å². The molecule has 0 aliphatic rings. The van der Waals surface area contributed by atoms with Crippen molar-refractivity contribution in [2.45, 2.75) is 37.6 Å². The first-order valence-electron chi connectivity index (χ1n) is 9.06. The Morgan fingerprint density at radius 2 is 2.07 bits per heavy atom. The molecule has 0 fully saturated rings. The number of aromatic nitrogens is 2. The summed E-state index contributed by atoms with van der Waals surface area (Å²) < 4.78 is 32.1. The molecule has 1 N–H and O–H groups in total. The normalized spacial score (nSPS) is 12.6. The number of hydrogen-bond donors (Lipinski definition) is 1. The summed E-state index contributed by atoms with van der Waals surface area (Å²) in [6, 6.07) is 5.67. The minimum atomic E-state index is -3.72. The molecule has 1 amide bonds. The third-order valence-corrected chi connectivity index (χ3v) is 7.39. The molecule has 1 aromatic carbocycles. The number of nitrogens with zero attached hydrogens (tertiary/aromatic N) is 3. The van der Waals surface area contributed by atoms with Crippen LogP contribution in [0, 0.1) is 5.92 Å². The van der Waals surface area contributed by atoms with Crippen LogP contribution in [0.5, 0.6) is 5.75 Å². The Morgan fingerprint density at radius 3 is 2.66 bits per heavy atom. The minimum Gasteiger partial charge on any atom is -0.497 e. The highest BCUT2D eigenvalue weighted by Gasteiger charge is 2.32. The Labute approximate surface area is 180 Å². The molecule has 11 heteroatoms. The first-order chi connectivity index (χ1) is 13.7. The number of hydrogen-bond acceptors (Lipinski definition) is 8. The van der Waals surface area contributed by atoms with Crippen molar-refractivity contribution in [2.75, 3.05) is 28.7 Å². The van der Waals surface area contributed by atoms with Crippen molar-refractivity contribution in [3.63, 3.8) is 0 Å². The predicted octanol–water partition coefficient (Wildman–Crippen LogP) is 3.48. The summed E-state index contributed by atoms with van der Waals surface area (Å²) in [6.45, 7) is 5.98. The summed E-state index contributed by atoms with van der Waals surface area (Å²) in [5.41, 5.74) is 0.360. The minimum absolute atomic E-state index is 0.282. The first-order valence-corrected chi connectivity index (χ1v) is 12.7. The van der Waals surface area contributed by atoms with Gasteiger partial charge >= 0.3 is 0 Å². The molecule has 2 rings (SSSR count). The van der Waals surface area contributed by atoms with Gasteiger partial charge in [-0.15, -0.1) is 10.2 Å². The zero-order valence-electron chi connectivity index (χ0n) is 17.1. The molecule has 29 heavy (non-hydrogen) atoms. The fourth-order valence-corrected chi connectivity index (χ4v) is 5.49. The van der Waals surface area contributed by atoms with Crippen LogP contribution in [0.4, 0.5) is 10.8 Å². The molecule has 160 valence electrons. The van der Waals surface area contributed by atoms with E-state index in [2.05, 4.69) is 29.4 Å². The topological polar surface area (TPSA) is 101 Å². The van der Waals surface area contributed by atoms with E-state index in [-0.39, 0.29) is 6.42 Å². The maximum atomic E-state index is 12.9. The fourth-order valence-electron chi connectivity index (χ4n) is 2.55. The van der Waals surface area contributed by atoms with E-state index in [9.17, 15) is 13.2 Å². The lowest BCUT2D eigenvalue weighted by molar-refractivity contribution is -0.117. The van der Waals surface area contributed by atoms with Gasteiger partial charge in [0.2, 0.25) is 21.1 Å².